The predicted molar refractivity (Wildman–Crippen MR) is 61.3 cm³/mol. The SMILES string of the molecule is CCC(CC)C(=O)c1c(F)cc(OC)cc1F. The van der Waals surface area contributed by atoms with Crippen molar-refractivity contribution in [2.45, 2.75) is 26.7 Å². The molecule has 17 heavy (non-hydrogen) atoms. The van der Waals surface area contributed by atoms with Gasteiger partial charge in [0.05, 0.1) is 12.7 Å². The minimum Gasteiger partial charge on any atom is -0.497 e. The quantitative estimate of drug-likeness (QED) is 0.737. The zero-order chi connectivity index (χ0) is 13.0. The first-order valence-electron chi connectivity index (χ1n) is 5.62. The summed E-state index contributed by atoms with van der Waals surface area (Å²) in [6, 6.07) is 2.05. The Kier molecular flexibility index (Phi) is 4.61. The smallest absolute Gasteiger partial charge is 0.171 e. The topological polar surface area (TPSA) is 26.3 Å². The third kappa shape index (κ3) is 2.81. The summed E-state index contributed by atoms with van der Waals surface area (Å²) >= 11 is 0. The molecule has 0 N–H and O–H groups in total. The molecule has 1 aromatic rings. The number of ether oxygens (including phenoxy) is 1. The van der Waals surface area contributed by atoms with Crippen LogP contribution in [0.4, 0.5) is 8.78 Å². The zero-order valence-corrected chi connectivity index (χ0v) is 10.2. The molecule has 0 heterocycles. The number of benzene rings is 1. The Labute approximate surface area is 99.6 Å². The Morgan fingerprint density at radius 2 is 1.71 bits per heavy atom. The zero-order valence-electron chi connectivity index (χ0n) is 10.2. The molecule has 0 aliphatic carbocycles. The van der Waals surface area contributed by atoms with Crippen molar-refractivity contribution in [2.24, 2.45) is 5.92 Å². The summed E-state index contributed by atoms with van der Waals surface area (Å²) in [6.45, 7) is 3.65. The van der Waals surface area contributed by atoms with Crippen LogP contribution in [-0.4, -0.2) is 12.9 Å². The Hall–Kier alpha value is -1.45. The Bertz CT molecular complexity index is 389. The summed E-state index contributed by atoms with van der Waals surface area (Å²) in [6.07, 6.45) is 1.14. The van der Waals surface area contributed by atoms with Crippen LogP contribution in [-0.2, 0) is 0 Å². The van der Waals surface area contributed by atoms with Crippen molar-refractivity contribution in [3.05, 3.63) is 29.3 Å². The first kappa shape index (κ1) is 13.6. The second-order valence-electron chi connectivity index (χ2n) is 3.84. The summed E-state index contributed by atoms with van der Waals surface area (Å²) in [7, 11) is 1.32. The van der Waals surface area contributed by atoms with Gasteiger partial charge in [-0.25, -0.2) is 8.78 Å². The van der Waals surface area contributed by atoms with E-state index in [2.05, 4.69) is 0 Å². The van der Waals surface area contributed by atoms with Crippen LogP contribution in [0.2, 0.25) is 0 Å². The molecule has 0 radical (unpaired) electrons. The third-order valence-corrected chi connectivity index (χ3v) is 2.85. The standard InChI is InChI=1S/C13H16F2O2/c1-4-8(5-2)13(16)12-10(14)6-9(17-3)7-11(12)15/h6-8H,4-5H2,1-3H3. The summed E-state index contributed by atoms with van der Waals surface area (Å²) in [5.41, 5.74) is -0.459. The van der Waals surface area contributed by atoms with Gasteiger partial charge in [-0.3, -0.25) is 4.79 Å². The van der Waals surface area contributed by atoms with Crippen LogP contribution in [0.25, 0.3) is 0 Å². The fraction of sp³-hybridized carbons (Fsp3) is 0.462. The fourth-order valence-electron chi connectivity index (χ4n) is 1.77. The lowest BCUT2D eigenvalue weighted by molar-refractivity contribution is 0.0904. The molecule has 94 valence electrons. The number of carbonyl (C=O) groups excluding carboxylic acids is 1. The normalized spacial score (nSPS) is 10.7. The van der Waals surface area contributed by atoms with Crippen LogP contribution in [0.3, 0.4) is 0 Å². The highest BCUT2D eigenvalue weighted by Crippen LogP contribution is 2.24. The minimum atomic E-state index is -0.862. The van der Waals surface area contributed by atoms with E-state index in [0.29, 0.717) is 12.8 Å². The first-order valence-corrected chi connectivity index (χ1v) is 5.62. The molecule has 1 aromatic carbocycles. The molecule has 0 unspecified atom stereocenters. The molecule has 4 heteroatoms. The van der Waals surface area contributed by atoms with E-state index in [-0.39, 0.29) is 11.7 Å². The van der Waals surface area contributed by atoms with Crippen molar-refractivity contribution in [1.29, 1.82) is 0 Å². The van der Waals surface area contributed by atoms with Crippen molar-refractivity contribution in [3.8, 4) is 5.75 Å². The van der Waals surface area contributed by atoms with Gasteiger partial charge in [-0.15, -0.1) is 0 Å². The molecule has 0 fully saturated rings. The largest absolute Gasteiger partial charge is 0.497 e. The number of hydrogen-bond donors (Lipinski definition) is 0. The van der Waals surface area contributed by atoms with E-state index in [1.54, 1.807) is 0 Å². The maximum Gasteiger partial charge on any atom is 0.171 e. The third-order valence-electron chi connectivity index (χ3n) is 2.85. The van der Waals surface area contributed by atoms with Gasteiger partial charge in [-0.05, 0) is 12.8 Å². The minimum absolute atomic E-state index is 0.0705. The molecule has 1 rings (SSSR count). The molecule has 0 bridgehead atoms. The molecule has 0 spiro atoms. The molecule has 0 aliphatic heterocycles. The summed E-state index contributed by atoms with van der Waals surface area (Å²) < 4.78 is 32.0. The van der Waals surface area contributed by atoms with Gasteiger partial charge in [0.25, 0.3) is 0 Å². The van der Waals surface area contributed by atoms with Gasteiger partial charge in [0, 0.05) is 18.1 Å². The lowest BCUT2D eigenvalue weighted by atomic mass is 9.92. The van der Waals surface area contributed by atoms with Gasteiger partial charge in [-0.1, -0.05) is 13.8 Å². The molecule has 0 atom stereocenters. The van der Waals surface area contributed by atoms with E-state index in [1.807, 2.05) is 13.8 Å². The van der Waals surface area contributed by atoms with Gasteiger partial charge in [0.2, 0.25) is 0 Å². The molecule has 0 aromatic heterocycles. The molecular formula is C13H16F2O2. The Balaban J connectivity index is 3.18. The van der Waals surface area contributed by atoms with Crippen molar-refractivity contribution in [2.75, 3.05) is 7.11 Å². The monoisotopic (exact) mass is 242 g/mol. The second kappa shape index (κ2) is 5.75. The number of Topliss-reactive ketones (excluding diaryl/α,β-unsaturated/α-hetero) is 1. The molecule has 0 saturated heterocycles. The number of ketones is 1. The highest BCUT2D eigenvalue weighted by molar-refractivity contribution is 5.98. The van der Waals surface area contributed by atoms with Crippen LogP contribution in [0, 0.1) is 17.6 Å². The van der Waals surface area contributed by atoms with Gasteiger partial charge in [-0.2, -0.15) is 0 Å². The van der Waals surface area contributed by atoms with Gasteiger partial charge in [0.15, 0.2) is 5.78 Å². The molecular weight excluding hydrogens is 226 g/mol. The molecule has 0 aliphatic rings. The number of carbonyl (C=O) groups is 1. The molecule has 2 nitrogen and oxygen atoms in total. The lowest BCUT2D eigenvalue weighted by Gasteiger charge is -2.13. The van der Waals surface area contributed by atoms with E-state index in [4.69, 9.17) is 4.74 Å². The summed E-state index contributed by atoms with van der Waals surface area (Å²) in [4.78, 5) is 11.9. The number of methoxy groups -OCH3 is 1. The lowest BCUT2D eigenvalue weighted by Crippen LogP contribution is -2.16. The van der Waals surface area contributed by atoms with Gasteiger partial charge < -0.3 is 4.74 Å². The first-order chi connectivity index (χ1) is 8.04. The van der Waals surface area contributed by atoms with Crippen LogP contribution < -0.4 is 4.74 Å². The van der Waals surface area contributed by atoms with Crippen molar-refractivity contribution >= 4 is 5.78 Å². The molecule has 0 amide bonds. The van der Waals surface area contributed by atoms with E-state index in [9.17, 15) is 13.6 Å². The van der Waals surface area contributed by atoms with Crippen molar-refractivity contribution in [3.63, 3.8) is 0 Å². The van der Waals surface area contributed by atoms with Gasteiger partial charge in [0.1, 0.15) is 17.4 Å². The van der Waals surface area contributed by atoms with Crippen LogP contribution in [0.1, 0.15) is 37.0 Å². The van der Waals surface area contributed by atoms with Crippen LogP contribution in [0.15, 0.2) is 12.1 Å². The fourth-order valence-corrected chi connectivity index (χ4v) is 1.77. The summed E-state index contributed by atoms with van der Waals surface area (Å²) in [5, 5.41) is 0. The van der Waals surface area contributed by atoms with Crippen molar-refractivity contribution in [1.82, 2.24) is 0 Å². The maximum absolute atomic E-state index is 13.6. The number of rotatable bonds is 5. The van der Waals surface area contributed by atoms with Crippen LogP contribution >= 0.6 is 0 Å². The van der Waals surface area contributed by atoms with E-state index < -0.39 is 23.0 Å². The Morgan fingerprint density at radius 3 is 2.06 bits per heavy atom. The second-order valence-corrected chi connectivity index (χ2v) is 3.84. The Morgan fingerprint density at radius 1 is 1.24 bits per heavy atom. The average Bonchev–Trinajstić information content (AvgIpc) is 2.29. The van der Waals surface area contributed by atoms with E-state index >= 15 is 0 Å². The highest BCUT2D eigenvalue weighted by atomic mass is 19.1. The average molecular weight is 242 g/mol. The van der Waals surface area contributed by atoms with Gasteiger partial charge >= 0.3 is 0 Å². The molecule has 0 saturated carbocycles. The van der Waals surface area contributed by atoms with E-state index in [1.165, 1.54) is 7.11 Å². The predicted octanol–water partition coefficient (Wildman–Crippen LogP) is 3.59. The van der Waals surface area contributed by atoms with Crippen LogP contribution in [0.5, 0.6) is 5.75 Å². The van der Waals surface area contributed by atoms with E-state index in [0.717, 1.165) is 12.1 Å². The highest BCUT2D eigenvalue weighted by Gasteiger charge is 2.24. The number of halogens is 2. The van der Waals surface area contributed by atoms with Crippen molar-refractivity contribution < 1.29 is 18.3 Å². The maximum atomic E-state index is 13.6. The summed E-state index contributed by atoms with van der Waals surface area (Å²) in [5.74, 6) is -2.47. The number of hydrogen-bond acceptors (Lipinski definition) is 2.